The number of carbonyl (C=O) groups is 1. The summed E-state index contributed by atoms with van der Waals surface area (Å²) in [5.74, 6) is 0.507. The molecule has 1 atom stereocenters. The van der Waals surface area contributed by atoms with E-state index >= 15 is 0 Å². The summed E-state index contributed by atoms with van der Waals surface area (Å²) in [5, 5.41) is 15.8. The van der Waals surface area contributed by atoms with Gasteiger partial charge in [0.05, 0.1) is 6.10 Å². The fourth-order valence-corrected chi connectivity index (χ4v) is 1.57. The maximum absolute atomic E-state index is 11.6. The van der Waals surface area contributed by atoms with Gasteiger partial charge in [-0.1, -0.05) is 5.16 Å². The lowest BCUT2D eigenvalue weighted by molar-refractivity contribution is 0.0891. The number of nitrogens with zero attached hydrogens (tertiary/aromatic N) is 1. The van der Waals surface area contributed by atoms with Crippen LogP contribution in [0.1, 0.15) is 29.1 Å². The van der Waals surface area contributed by atoms with E-state index < -0.39 is 6.10 Å². The summed E-state index contributed by atoms with van der Waals surface area (Å²) in [6.07, 6.45) is 1.63. The van der Waals surface area contributed by atoms with Gasteiger partial charge < -0.3 is 19.7 Å². The van der Waals surface area contributed by atoms with Crippen LogP contribution in [0.15, 0.2) is 10.6 Å². The lowest BCUT2D eigenvalue weighted by atomic mass is 10.2. The molecular formula is C11H16N2O4. The van der Waals surface area contributed by atoms with Crippen LogP contribution in [0, 0.1) is 5.92 Å². The van der Waals surface area contributed by atoms with E-state index in [9.17, 15) is 9.90 Å². The molecule has 17 heavy (non-hydrogen) atoms. The Labute approximate surface area is 98.9 Å². The Hall–Kier alpha value is -1.40. The highest BCUT2D eigenvalue weighted by Gasteiger charge is 2.29. The highest BCUT2D eigenvalue weighted by atomic mass is 16.5. The molecule has 0 radical (unpaired) electrons. The van der Waals surface area contributed by atoms with E-state index in [-0.39, 0.29) is 24.8 Å². The number of hydrogen-bond acceptors (Lipinski definition) is 5. The molecular weight excluding hydrogens is 224 g/mol. The van der Waals surface area contributed by atoms with Crippen molar-refractivity contribution in [2.75, 3.05) is 13.7 Å². The number of carbonyl (C=O) groups excluding carboxylic acids is 1. The van der Waals surface area contributed by atoms with Gasteiger partial charge in [0.1, 0.15) is 6.61 Å². The first kappa shape index (κ1) is 12.1. The summed E-state index contributed by atoms with van der Waals surface area (Å²) in [4.78, 5) is 11.6. The van der Waals surface area contributed by atoms with E-state index in [0.29, 0.717) is 11.7 Å². The van der Waals surface area contributed by atoms with Crippen molar-refractivity contribution in [1.82, 2.24) is 10.5 Å². The van der Waals surface area contributed by atoms with Crippen LogP contribution in [0.2, 0.25) is 0 Å². The molecule has 0 aliphatic heterocycles. The molecule has 2 rings (SSSR count). The third kappa shape index (κ3) is 3.28. The molecule has 1 heterocycles. The second kappa shape index (κ2) is 5.29. The van der Waals surface area contributed by atoms with Gasteiger partial charge in [0.25, 0.3) is 5.91 Å². The number of aliphatic hydroxyl groups is 1. The monoisotopic (exact) mass is 240 g/mol. The zero-order valence-corrected chi connectivity index (χ0v) is 9.68. The van der Waals surface area contributed by atoms with Crippen LogP contribution in [0.25, 0.3) is 0 Å². The normalized spacial score (nSPS) is 16.8. The predicted octanol–water partition coefficient (Wildman–Crippen LogP) is 0.322. The zero-order valence-electron chi connectivity index (χ0n) is 9.68. The van der Waals surface area contributed by atoms with Crippen LogP contribution < -0.4 is 5.32 Å². The van der Waals surface area contributed by atoms with E-state index in [2.05, 4.69) is 10.5 Å². The second-order valence-electron chi connectivity index (χ2n) is 4.23. The van der Waals surface area contributed by atoms with E-state index in [1.165, 1.54) is 13.2 Å². The summed E-state index contributed by atoms with van der Waals surface area (Å²) in [7, 11) is 1.54. The number of methoxy groups -OCH3 is 1. The van der Waals surface area contributed by atoms with E-state index in [0.717, 1.165) is 12.8 Å². The Morgan fingerprint density at radius 1 is 1.76 bits per heavy atom. The first-order valence-corrected chi connectivity index (χ1v) is 5.61. The van der Waals surface area contributed by atoms with Gasteiger partial charge in [0.15, 0.2) is 11.5 Å². The number of nitrogens with one attached hydrogen (secondary N) is 1. The van der Waals surface area contributed by atoms with Gasteiger partial charge in [-0.15, -0.1) is 0 Å². The van der Waals surface area contributed by atoms with Crippen molar-refractivity contribution in [3.05, 3.63) is 17.5 Å². The summed E-state index contributed by atoms with van der Waals surface area (Å²) >= 11 is 0. The van der Waals surface area contributed by atoms with Crippen molar-refractivity contribution >= 4 is 5.91 Å². The van der Waals surface area contributed by atoms with Crippen molar-refractivity contribution in [2.45, 2.75) is 25.6 Å². The van der Waals surface area contributed by atoms with E-state index in [4.69, 9.17) is 9.26 Å². The quantitative estimate of drug-likeness (QED) is 0.748. The Kier molecular flexibility index (Phi) is 3.75. The van der Waals surface area contributed by atoms with Gasteiger partial charge in [0.2, 0.25) is 0 Å². The predicted molar refractivity (Wildman–Crippen MR) is 58.3 cm³/mol. The Balaban J connectivity index is 1.81. The third-order valence-electron chi connectivity index (χ3n) is 2.72. The molecule has 1 amide bonds. The van der Waals surface area contributed by atoms with Crippen LogP contribution in [0.3, 0.4) is 0 Å². The number of ether oxygens (including phenoxy) is 1. The highest BCUT2D eigenvalue weighted by Crippen LogP contribution is 2.32. The molecule has 0 bridgehead atoms. The lowest BCUT2D eigenvalue weighted by Gasteiger charge is -2.08. The molecule has 0 spiro atoms. The molecule has 6 heteroatoms. The van der Waals surface area contributed by atoms with Crippen molar-refractivity contribution < 1.29 is 19.2 Å². The average Bonchev–Trinajstić information content (AvgIpc) is 3.07. The topological polar surface area (TPSA) is 84.6 Å². The standard InChI is InChI=1S/C11H16N2O4/c1-16-6-8-4-9(13-17-8)11(15)12-5-10(14)7-2-3-7/h4,7,10,14H,2-3,5-6H2,1H3,(H,12,15). The average molecular weight is 240 g/mol. The minimum Gasteiger partial charge on any atom is -0.391 e. The lowest BCUT2D eigenvalue weighted by Crippen LogP contribution is -2.33. The molecule has 94 valence electrons. The molecule has 1 aromatic heterocycles. The van der Waals surface area contributed by atoms with E-state index in [1.807, 2.05) is 0 Å². The van der Waals surface area contributed by atoms with Crippen molar-refractivity contribution in [3.63, 3.8) is 0 Å². The number of rotatable bonds is 6. The molecule has 1 unspecified atom stereocenters. The van der Waals surface area contributed by atoms with Gasteiger partial charge in [-0.2, -0.15) is 0 Å². The molecule has 0 aromatic carbocycles. The molecule has 1 aromatic rings. The largest absolute Gasteiger partial charge is 0.391 e. The molecule has 1 saturated carbocycles. The van der Waals surface area contributed by atoms with Gasteiger partial charge in [-0.3, -0.25) is 4.79 Å². The molecule has 6 nitrogen and oxygen atoms in total. The maximum Gasteiger partial charge on any atom is 0.273 e. The molecule has 1 aliphatic rings. The summed E-state index contributed by atoms with van der Waals surface area (Å²) in [6, 6.07) is 1.53. The summed E-state index contributed by atoms with van der Waals surface area (Å²) in [5.41, 5.74) is 0.208. The fourth-order valence-electron chi connectivity index (χ4n) is 1.57. The number of hydrogen-bond donors (Lipinski definition) is 2. The van der Waals surface area contributed by atoms with Crippen LogP contribution >= 0.6 is 0 Å². The van der Waals surface area contributed by atoms with Gasteiger partial charge >= 0.3 is 0 Å². The summed E-state index contributed by atoms with van der Waals surface area (Å²) in [6.45, 7) is 0.543. The fraction of sp³-hybridized carbons (Fsp3) is 0.636. The van der Waals surface area contributed by atoms with Gasteiger partial charge in [-0.05, 0) is 18.8 Å². The van der Waals surface area contributed by atoms with Crippen LogP contribution in [-0.4, -0.2) is 35.9 Å². The minimum absolute atomic E-state index is 0.208. The zero-order chi connectivity index (χ0) is 12.3. The number of amides is 1. The molecule has 2 N–H and O–H groups in total. The summed E-state index contributed by atoms with van der Waals surface area (Å²) < 4.78 is 9.75. The smallest absolute Gasteiger partial charge is 0.273 e. The second-order valence-corrected chi connectivity index (χ2v) is 4.23. The van der Waals surface area contributed by atoms with E-state index in [1.54, 1.807) is 0 Å². The maximum atomic E-state index is 11.6. The first-order chi connectivity index (χ1) is 8.20. The van der Waals surface area contributed by atoms with Crippen LogP contribution in [0.4, 0.5) is 0 Å². The third-order valence-corrected chi connectivity index (χ3v) is 2.72. The molecule has 1 aliphatic carbocycles. The Bertz CT molecular complexity index is 387. The number of aliphatic hydroxyl groups excluding tert-OH is 1. The molecule has 1 fully saturated rings. The van der Waals surface area contributed by atoms with Crippen LogP contribution in [-0.2, 0) is 11.3 Å². The Morgan fingerprint density at radius 2 is 2.53 bits per heavy atom. The first-order valence-electron chi connectivity index (χ1n) is 5.61. The van der Waals surface area contributed by atoms with Gasteiger partial charge in [0, 0.05) is 19.7 Å². The Morgan fingerprint density at radius 3 is 3.18 bits per heavy atom. The van der Waals surface area contributed by atoms with Crippen molar-refractivity contribution in [3.8, 4) is 0 Å². The highest BCUT2D eigenvalue weighted by molar-refractivity contribution is 5.92. The van der Waals surface area contributed by atoms with Crippen molar-refractivity contribution in [2.24, 2.45) is 5.92 Å². The van der Waals surface area contributed by atoms with Crippen LogP contribution in [0.5, 0.6) is 0 Å². The molecule has 0 saturated heterocycles. The SMILES string of the molecule is COCc1cc(C(=O)NCC(O)C2CC2)no1. The van der Waals surface area contributed by atoms with Gasteiger partial charge in [-0.25, -0.2) is 0 Å². The van der Waals surface area contributed by atoms with Crippen molar-refractivity contribution in [1.29, 1.82) is 0 Å². The minimum atomic E-state index is -0.454. The number of aromatic nitrogens is 1.